The predicted octanol–water partition coefficient (Wildman–Crippen LogP) is 2.35. The van der Waals surface area contributed by atoms with Crippen LogP contribution in [0, 0.1) is 13.8 Å². The van der Waals surface area contributed by atoms with Crippen molar-refractivity contribution in [3.63, 3.8) is 0 Å². The fraction of sp³-hybridized carbons (Fsp3) is 0.400. The fourth-order valence-electron chi connectivity index (χ4n) is 2.34. The first-order chi connectivity index (χ1) is 10.6. The number of nitrogens with zero attached hydrogens (tertiary/aromatic N) is 3. The predicted molar refractivity (Wildman–Crippen MR) is 88.8 cm³/mol. The molecular weight excluding hydrogens is 298 g/mol. The van der Waals surface area contributed by atoms with Gasteiger partial charge in [0.1, 0.15) is 0 Å². The van der Waals surface area contributed by atoms with Crippen molar-refractivity contribution in [3.05, 3.63) is 35.0 Å². The zero-order chi connectivity index (χ0) is 15.5. The Bertz CT molecular complexity index is 678. The van der Waals surface area contributed by atoms with E-state index < -0.39 is 0 Å². The lowest BCUT2D eigenvalue weighted by Gasteiger charge is -2.25. The van der Waals surface area contributed by atoms with Crippen molar-refractivity contribution < 1.29 is 4.79 Å². The van der Waals surface area contributed by atoms with E-state index in [1.165, 1.54) is 11.1 Å². The van der Waals surface area contributed by atoms with Crippen LogP contribution in [0.3, 0.4) is 0 Å². The number of rotatable bonds is 3. The molecule has 0 saturated carbocycles. The number of anilines is 2. The molecule has 1 aliphatic heterocycles. The summed E-state index contributed by atoms with van der Waals surface area (Å²) in [7, 11) is 0. The molecule has 0 aliphatic carbocycles. The largest absolute Gasteiger partial charge is 0.337 e. The minimum atomic E-state index is -0.0691. The number of amides is 1. The quantitative estimate of drug-likeness (QED) is 0.909. The Hall–Kier alpha value is -2.02. The molecule has 0 spiro atoms. The maximum absolute atomic E-state index is 12.5. The minimum Gasteiger partial charge on any atom is -0.337 e. The van der Waals surface area contributed by atoms with Crippen molar-refractivity contribution in [3.8, 4) is 0 Å². The van der Waals surface area contributed by atoms with Crippen molar-refractivity contribution >= 4 is 29.2 Å². The van der Waals surface area contributed by atoms with Gasteiger partial charge in [-0.3, -0.25) is 4.79 Å². The summed E-state index contributed by atoms with van der Waals surface area (Å²) in [4.78, 5) is 14.4. The SMILES string of the molecule is Cc1ccc(Nc2n[nH]nc2C(=O)N2CCSCC2)cc1C. The number of aryl methyl sites for hydroxylation is 2. The van der Waals surface area contributed by atoms with Gasteiger partial charge in [-0.05, 0) is 37.1 Å². The topological polar surface area (TPSA) is 73.9 Å². The Kier molecular flexibility index (Phi) is 4.33. The van der Waals surface area contributed by atoms with Crippen molar-refractivity contribution in [2.24, 2.45) is 0 Å². The second-order valence-electron chi connectivity index (χ2n) is 5.35. The van der Waals surface area contributed by atoms with Gasteiger partial charge in [0.2, 0.25) is 0 Å². The van der Waals surface area contributed by atoms with Crippen molar-refractivity contribution in [1.82, 2.24) is 20.3 Å². The minimum absolute atomic E-state index is 0.0691. The molecule has 3 rings (SSSR count). The number of nitrogens with one attached hydrogen (secondary N) is 2. The number of carbonyl (C=O) groups excluding carboxylic acids is 1. The Morgan fingerprint density at radius 3 is 2.73 bits per heavy atom. The number of thioether (sulfide) groups is 1. The summed E-state index contributed by atoms with van der Waals surface area (Å²) in [5.41, 5.74) is 3.67. The first-order valence-electron chi connectivity index (χ1n) is 7.27. The van der Waals surface area contributed by atoms with Gasteiger partial charge in [-0.25, -0.2) is 0 Å². The number of hydrogen-bond acceptors (Lipinski definition) is 5. The second kappa shape index (κ2) is 6.39. The average Bonchev–Trinajstić information content (AvgIpc) is 2.99. The van der Waals surface area contributed by atoms with E-state index in [1.807, 2.05) is 34.9 Å². The molecule has 1 aromatic heterocycles. The Balaban J connectivity index is 1.79. The monoisotopic (exact) mass is 317 g/mol. The first-order valence-corrected chi connectivity index (χ1v) is 8.42. The van der Waals surface area contributed by atoms with Gasteiger partial charge in [0, 0.05) is 30.3 Å². The number of aromatic nitrogens is 3. The van der Waals surface area contributed by atoms with E-state index in [1.54, 1.807) is 0 Å². The fourth-order valence-corrected chi connectivity index (χ4v) is 3.24. The highest BCUT2D eigenvalue weighted by Crippen LogP contribution is 2.21. The van der Waals surface area contributed by atoms with Crippen LogP contribution in [0.15, 0.2) is 18.2 Å². The van der Waals surface area contributed by atoms with Gasteiger partial charge < -0.3 is 10.2 Å². The molecule has 1 aliphatic rings. The molecule has 2 aromatic rings. The van der Waals surface area contributed by atoms with Crippen LogP contribution in [0.4, 0.5) is 11.5 Å². The highest BCUT2D eigenvalue weighted by atomic mass is 32.2. The summed E-state index contributed by atoms with van der Waals surface area (Å²) in [5.74, 6) is 2.36. The van der Waals surface area contributed by atoms with E-state index in [9.17, 15) is 4.79 Å². The Morgan fingerprint density at radius 2 is 2.00 bits per heavy atom. The third-order valence-electron chi connectivity index (χ3n) is 3.82. The van der Waals surface area contributed by atoms with E-state index in [0.29, 0.717) is 11.5 Å². The number of aromatic amines is 1. The molecule has 6 nitrogen and oxygen atoms in total. The van der Waals surface area contributed by atoms with Crippen molar-refractivity contribution in [2.45, 2.75) is 13.8 Å². The van der Waals surface area contributed by atoms with Gasteiger partial charge in [0.15, 0.2) is 11.5 Å². The van der Waals surface area contributed by atoms with Gasteiger partial charge >= 0.3 is 0 Å². The van der Waals surface area contributed by atoms with Crippen LogP contribution in [0.2, 0.25) is 0 Å². The summed E-state index contributed by atoms with van der Waals surface area (Å²) in [6.45, 7) is 5.65. The molecule has 0 radical (unpaired) electrons. The second-order valence-corrected chi connectivity index (χ2v) is 6.57. The summed E-state index contributed by atoms with van der Waals surface area (Å²) >= 11 is 1.87. The van der Waals surface area contributed by atoms with E-state index in [4.69, 9.17) is 0 Å². The molecular formula is C15H19N5OS. The lowest BCUT2D eigenvalue weighted by atomic mass is 10.1. The number of hydrogen-bond donors (Lipinski definition) is 2. The lowest BCUT2D eigenvalue weighted by molar-refractivity contribution is 0.0767. The van der Waals surface area contributed by atoms with Crippen molar-refractivity contribution in [1.29, 1.82) is 0 Å². The zero-order valence-electron chi connectivity index (χ0n) is 12.7. The van der Waals surface area contributed by atoms with E-state index in [2.05, 4.69) is 34.6 Å². The molecule has 116 valence electrons. The highest BCUT2D eigenvalue weighted by Gasteiger charge is 2.24. The van der Waals surface area contributed by atoms with Crippen LogP contribution >= 0.6 is 11.8 Å². The van der Waals surface area contributed by atoms with Crippen LogP contribution in [0.1, 0.15) is 21.6 Å². The lowest BCUT2D eigenvalue weighted by Crippen LogP contribution is -2.38. The van der Waals surface area contributed by atoms with Crippen LogP contribution < -0.4 is 5.32 Å². The van der Waals surface area contributed by atoms with Crippen LogP contribution in [-0.2, 0) is 0 Å². The summed E-state index contributed by atoms with van der Waals surface area (Å²) in [5, 5.41) is 13.8. The van der Waals surface area contributed by atoms with Crippen LogP contribution in [0.5, 0.6) is 0 Å². The Morgan fingerprint density at radius 1 is 1.23 bits per heavy atom. The zero-order valence-corrected chi connectivity index (χ0v) is 13.5. The summed E-state index contributed by atoms with van der Waals surface area (Å²) < 4.78 is 0. The smallest absolute Gasteiger partial charge is 0.278 e. The molecule has 1 fully saturated rings. The van der Waals surface area contributed by atoms with Gasteiger partial charge in [0.25, 0.3) is 5.91 Å². The van der Waals surface area contributed by atoms with Gasteiger partial charge in [0.05, 0.1) is 0 Å². The number of benzene rings is 1. The van der Waals surface area contributed by atoms with Gasteiger partial charge in [-0.15, -0.1) is 10.2 Å². The molecule has 7 heteroatoms. The maximum Gasteiger partial charge on any atom is 0.278 e. The third-order valence-corrected chi connectivity index (χ3v) is 4.76. The summed E-state index contributed by atoms with van der Waals surface area (Å²) in [6, 6.07) is 6.06. The van der Waals surface area contributed by atoms with E-state index >= 15 is 0 Å². The van der Waals surface area contributed by atoms with Gasteiger partial charge in [-0.1, -0.05) is 6.07 Å². The number of carbonyl (C=O) groups is 1. The molecule has 22 heavy (non-hydrogen) atoms. The molecule has 1 amide bonds. The Labute approximate surface area is 133 Å². The molecule has 0 bridgehead atoms. The molecule has 0 unspecified atom stereocenters. The van der Waals surface area contributed by atoms with Crippen LogP contribution in [0.25, 0.3) is 0 Å². The average molecular weight is 317 g/mol. The van der Waals surface area contributed by atoms with E-state index in [0.717, 1.165) is 30.3 Å². The van der Waals surface area contributed by atoms with E-state index in [-0.39, 0.29) is 5.91 Å². The molecule has 2 N–H and O–H groups in total. The normalized spacial score (nSPS) is 14.9. The standard InChI is InChI=1S/C15H19N5OS/c1-10-3-4-12(9-11(10)2)16-14-13(17-19-18-14)15(21)20-5-7-22-8-6-20/h3-4,9H,5-8H2,1-2H3,(H2,16,17,18,19). The molecule has 1 saturated heterocycles. The van der Waals surface area contributed by atoms with Gasteiger partial charge in [-0.2, -0.15) is 17.0 Å². The molecule has 0 atom stereocenters. The summed E-state index contributed by atoms with van der Waals surface area (Å²) in [6.07, 6.45) is 0. The van der Waals surface area contributed by atoms with Crippen LogP contribution in [-0.4, -0.2) is 50.8 Å². The molecule has 2 heterocycles. The molecule has 1 aromatic carbocycles. The first kappa shape index (κ1) is 14.9. The maximum atomic E-state index is 12.5. The van der Waals surface area contributed by atoms with Crippen molar-refractivity contribution in [2.75, 3.05) is 29.9 Å². The highest BCUT2D eigenvalue weighted by molar-refractivity contribution is 7.99. The number of H-pyrrole nitrogens is 1. The third kappa shape index (κ3) is 3.09.